The third-order valence-electron chi connectivity index (χ3n) is 7.82. The number of allylic oxidation sites excluding steroid dienone is 1. The molecule has 2 saturated heterocycles. The van der Waals surface area contributed by atoms with Gasteiger partial charge in [0.1, 0.15) is 24.1 Å². The highest BCUT2D eigenvalue weighted by atomic mass is 19.1. The molecule has 212 valence electrons. The van der Waals surface area contributed by atoms with Crippen molar-refractivity contribution in [2.45, 2.75) is 18.9 Å². The third-order valence-corrected chi connectivity index (χ3v) is 7.82. The van der Waals surface area contributed by atoms with Gasteiger partial charge < -0.3 is 30.2 Å². The van der Waals surface area contributed by atoms with Gasteiger partial charge in [0.05, 0.1) is 29.7 Å². The lowest BCUT2D eigenvalue weighted by atomic mass is 10.0. The summed E-state index contributed by atoms with van der Waals surface area (Å²) >= 11 is 0. The summed E-state index contributed by atoms with van der Waals surface area (Å²) in [7, 11) is 3.64. The summed E-state index contributed by atoms with van der Waals surface area (Å²) in [6, 6.07) is 11.5. The number of piperazine rings is 1. The smallest absolute Gasteiger partial charge is 0.144 e. The molecule has 40 heavy (non-hydrogen) atoms. The molecule has 0 spiro atoms. The van der Waals surface area contributed by atoms with Gasteiger partial charge in [0.25, 0.3) is 0 Å². The van der Waals surface area contributed by atoms with Crippen LogP contribution < -0.4 is 25.6 Å². The second-order valence-electron chi connectivity index (χ2n) is 10.1. The number of halogens is 1. The predicted octanol–water partition coefficient (Wildman–Crippen LogP) is 4.34. The largest absolute Gasteiger partial charge is 0.495 e. The first kappa shape index (κ1) is 27.7. The number of aliphatic imine (C=N–C) groups is 2. The highest BCUT2D eigenvalue weighted by Crippen LogP contribution is 2.37. The Hall–Kier alpha value is -3.89. The van der Waals surface area contributed by atoms with Crippen LogP contribution in [0, 0.1) is 5.82 Å². The van der Waals surface area contributed by atoms with E-state index >= 15 is 0 Å². The van der Waals surface area contributed by atoms with Gasteiger partial charge in [0.15, 0.2) is 0 Å². The lowest BCUT2D eigenvalue weighted by Crippen LogP contribution is -2.52. The maximum atomic E-state index is 13.8. The Morgan fingerprint density at radius 1 is 1.12 bits per heavy atom. The number of piperidine rings is 1. The molecule has 5 rings (SSSR count). The van der Waals surface area contributed by atoms with Crippen LogP contribution in [0.3, 0.4) is 0 Å². The number of nitrogens with one attached hydrogen (secondary N) is 3. The molecular weight excluding hydrogens is 507 g/mol. The Morgan fingerprint density at radius 3 is 2.65 bits per heavy atom. The monoisotopic (exact) mass is 546 g/mol. The molecule has 9 nitrogen and oxygen atoms in total. The number of ether oxygens (including phenoxy) is 1. The predicted molar refractivity (Wildman–Crippen MR) is 165 cm³/mol. The Morgan fingerprint density at radius 2 is 1.93 bits per heavy atom. The number of hydrogen-bond acceptors (Lipinski definition) is 8. The summed E-state index contributed by atoms with van der Waals surface area (Å²) in [5.74, 6) is 1.04. The van der Waals surface area contributed by atoms with E-state index in [2.05, 4.69) is 54.6 Å². The Kier molecular flexibility index (Phi) is 8.98. The van der Waals surface area contributed by atoms with Gasteiger partial charge in [-0.05, 0) is 69.1 Å². The van der Waals surface area contributed by atoms with Crippen LogP contribution in [0.25, 0.3) is 16.7 Å². The standard InChI is InChI=1S/C30H39FN8O/c1-32-25-19-26(29(40-3)20-28(25)38-16-14-37(15-17-38)24-6-10-34-11-7-24)36-21-35-12-8-30(33-2)39-13-9-22-4-5-23(31)18-27(22)39/h4-5,8-9,12-13,18-20,24,32,34,36H,2,6-7,10-11,14-17,21H2,1,3H3/b30-8+,35-12-. The molecule has 0 saturated carbocycles. The van der Waals surface area contributed by atoms with Gasteiger partial charge in [0, 0.05) is 63.1 Å². The summed E-state index contributed by atoms with van der Waals surface area (Å²) in [6.07, 6.45) is 7.74. The fourth-order valence-corrected chi connectivity index (χ4v) is 5.65. The molecule has 3 N–H and O–H groups in total. The number of fused-ring (bicyclic) bond motifs is 1. The third kappa shape index (κ3) is 6.13. The van der Waals surface area contributed by atoms with Gasteiger partial charge in [0.2, 0.25) is 0 Å². The zero-order chi connectivity index (χ0) is 27.9. The molecule has 0 bridgehead atoms. The summed E-state index contributed by atoms with van der Waals surface area (Å²) in [5, 5.41) is 11.1. The average molecular weight is 547 g/mol. The van der Waals surface area contributed by atoms with Crippen molar-refractivity contribution in [2.24, 2.45) is 9.98 Å². The van der Waals surface area contributed by atoms with E-state index in [4.69, 9.17) is 4.74 Å². The molecule has 0 amide bonds. The second-order valence-corrected chi connectivity index (χ2v) is 10.1. The van der Waals surface area contributed by atoms with Crippen molar-refractivity contribution >= 4 is 46.7 Å². The zero-order valence-electron chi connectivity index (χ0n) is 23.4. The van der Waals surface area contributed by atoms with Gasteiger partial charge >= 0.3 is 0 Å². The van der Waals surface area contributed by atoms with Crippen LogP contribution in [0.5, 0.6) is 5.75 Å². The minimum absolute atomic E-state index is 0.297. The fourth-order valence-electron chi connectivity index (χ4n) is 5.65. The van der Waals surface area contributed by atoms with Crippen molar-refractivity contribution < 1.29 is 9.13 Å². The van der Waals surface area contributed by atoms with Gasteiger partial charge in [-0.25, -0.2) is 9.38 Å². The van der Waals surface area contributed by atoms with E-state index in [1.165, 1.54) is 25.0 Å². The quantitative estimate of drug-likeness (QED) is 0.328. The first-order valence-corrected chi connectivity index (χ1v) is 13.9. The highest BCUT2D eigenvalue weighted by molar-refractivity contribution is 5.87. The molecule has 1 aromatic heterocycles. The number of benzene rings is 2. The molecule has 2 aliphatic heterocycles. The number of rotatable bonds is 10. The number of methoxy groups -OCH3 is 1. The minimum atomic E-state index is -0.297. The maximum Gasteiger partial charge on any atom is 0.144 e. The number of anilines is 3. The lowest BCUT2D eigenvalue weighted by Gasteiger charge is -2.42. The molecule has 0 radical (unpaired) electrons. The molecule has 0 unspecified atom stereocenters. The first-order chi connectivity index (χ1) is 19.6. The molecule has 0 atom stereocenters. The van der Waals surface area contributed by atoms with Crippen LogP contribution in [0.4, 0.5) is 21.5 Å². The molecule has 3 heterocycles. The van der Waals surface area contributed by atoms with Gasteiger partial charge in [-0.2, -0.15) is 0 Å². The number of aromatic nitrogens is 1. The van der Waals surface area contributed by atoms with Crippen molar-refractivity contribution in [1.82, 2.24) is 14.8 Å². The van der Waals surface area contributed by atoms with Crippen LogP contribution in [0.1, 0.15) is 12.8 Å². The van der Waals surface area contributed by atoms with Crippen LogP contribution in [0.2, 0.25) is 0 Å². The lowest BCUT2D eigenvalue weighted by molar-refractivity contribution is 0.153. The zero-order valence-corrected chi connectivity index (χ0v) is 23.4. The fraction of sp³-hybridized carbons (Fsp3) is 0.400. The number of hydrogen-bond donors (Lipinski definition) is 3. The van der Waals surface area contributed by atoms with E-state index < -0.39 is 0 Å². The van der Waals surface area contributed by atoms with Crippen LogP contribution >= 0.6 is 0 Å². The second kappa shape index (κ2) is 13.0. The molecule has 0 aliphatic carbocycles. The number of nitrogens with zero attached hydrogens (tertiary/aromatic N) is 5. The summed E-state index contributed by atoms with van der Waals surface area (Å²) in [6.45, 7) is 10.4. The van der Waals surface area contributed by atoms with E-state index in [0.29, 0.717) is 18.5 Å². The summed E-state index contributed by atoms with van der Waals surface area (Å²) in [5.41, 5.74) is 3.78. The van der Waals surface area contributed by atoms with Crippen molar-refractivity contribution in [3.05, 3.63) is 54.5 Å². The highest BCUT2D eigenvalue weighted by Gasteiger charge is 2.26. The molecular formula is C30H39FN8O. The van der Waals surface area contributed by atoms with E-state index in [0.717, 1.165) is 73.0 Å². The van der Waals surface area contributed by atoms with Gasteiger partial charge in [-0.15, -0.1) is 0 Å². The Balaban J connectivity index is 1.23. The molecule has 2 aromatic carbocycles. The summed E-state index contributed by atoms with van der Waals surface area (Å²) < 4.78 is 21.3. The van der Waals surface area contributed by atoms with Crippen molar-refractivity contribution in [3.63, 3.8) is 0 Å². The summed E-state index contributed by atoms with van der Waals surface area (Å²) in [4.78, 5) is 13.7. The SMILES string of the molecule is C=N/C(=C\C=N/CNc1cc(NC)c(N2CCN(C3CCNCC3)CC2)cc1OC)n1ccc2ccc(F)cc21. The van der Waals surface area contributed by atoms with Crippen LogP contribution in [-0.2, 0) is 0 Å². The van der Waals surface area contributed by atoms with E-state index in [1.54, 1.807) is 30.0 Å². The minimum Gasteiger partial charge on any atom is -0.495 e. The maximum absolute atomic E-state index is 13.8. The van der Waals surface area contributed by atoms with Crippen LogP contribution in [-0.4, -0.2) is 88.5 Å². The molecule has 2 aliphatic rings. The molecule has 2 fully saturated rings. The topological polar surface area (TPSA) is 81.5 Å². The van der Waals surface area contributed by atoms with E-state index in [9.17, 15) is 4.39 Å². The van der Waals surface area contributed by atoms with E-state index in [-0.39, 0.29) is 5.82 Å². The van der Waals surface area contributed by atoms with Crippen molar-refractivity contribution in [1.29, 1.82) is 0 Å². The molecule has 3 aromatic rings. The molecule has 10 heteroatoms. The van der Waals surface area contributed by atoms with E-state index in [1.807, 2.05) is 19.3 Å². The van der Waals surface area contributed by atoms with Gasteiger partial charge in [-0.3, -0.25) is 9.89 Å². The Labute approximate surface area is 235 Å². The van der Waals surface area contributed by atoms with Crippen molar-refractivity contribution in [2.75, 3.05) is 75.6 Å². The average Bonchev–Trinajstić information content (AvgIpc) is 3.42. The van der Waals surface area contributed by atoms with Gasteiger partial charge in [-0.1, -0.05) is 0 Å². The van der Waals surface area contributed by atoms with Crippen LogP contribution in [0.15, 0.2) is 58.7 Å². The first-order valence-electron chi connectivity index (χ1n) is 13.9. The van der Waals surface area contributed by atoms with Crippen molar-refractivity contribution in [3.8, 4) is 5.75 Å². The normalized spacial score (nSPS) is 17.5. The Bertz CT molecular complexity index is 1370.